The summed E-state index contributed by atoms with van der Waals surface area (Å²) in [7, 11) is 0. The van der Waals surface area contributed by atoms with Gasteiger partial charge < -0.3 is 10.6 Å². The lowest BCUT2D eigenvalue weighted by Crippen LogP contribution is -2.61. The minimum absolute atomic E-state index is 0. The number of anilines is 1. The number of nitrogens with one attached hydrogen (secondary N) is 2. The number of benzene rings is 1. The summed E-state index contributed by atoms with van der Waals surface area (Å²) in [5.74, 6) is 0.966. The van der Waals surface area contributed by atoms with Gasteiger partial charge in [0.25, 0.3) is 0 Å². The van der Waals surface area contributed by atoms with Crippen molar-refractivity contribution in [2.24, 2.45) is 5.92 Å². The summed E-state index contributed by atoms with van der Waals surface area (Å²) in [4.78, 5) is 15.8. The van der Waals surface area contributed by atoms with Crippen molar-refractivity contribution in [3.05, 3.63) is 29.8 Å². The van der Waals surface area contributed by atoms with Crippen LogP contribution in [0.15, 0.2) is 24.3 Å². The number of halogens is 1. The Hall–Kier alpha value is -1.10. The molecular formula is C20H30ClN3O. The minimum atomic E-state index is -0.332. The zero-order valence-electron chi connectivity index (χ0n) is 14.9. The Labute approximate surface area is 157 Å². The summed E-state index contributed by atoms with van der Waals surface area (Å²) in [6, 6.07) is 8.32. The molecule has 0 radical (unpaired) electrons. The Bertz CT molecular complexity index is 594. The third-order valence-electron chi connectivity index (χ3n) is 6.29. The average molecular weight is 364 g/mol. The number of hydrogen-bond acceptors (Lipinski definition) is 3. The van der Waals surface area contributed by atoms with Crippen LogP contribution in [0.4, 0.5) is 5.69 Å². The van der Waals surface area contributed by atoms with Crippen LogP contribution in [-0.4, -0.2) is 36.0 Å². The number of carbonyl (C=O) groups is 1. The van der Waals surface area contributed by atoms with E-state index in [1.807, 2.05) is 12.1 Å². The van der Waals surface area contributed by atoms with Gasteiger partial charge in [0.1, 0.15) is 5.54 Å². The molecule has 2 fully saturated rings. The smallest absolute Gasteiger partial charge is 0.245 e. The second kappa shape index (κ2) is 8.07. The summed E-state index contributed by atoms with van der Waals surface area (Å²) in [5.41, 5.74) is 1.94. The lowest BCUT2D eigenvalue weighted by molar-refractivity contribution is -0.131. The van der Waals surface area contributed by atoms with Gasteiger partial charge in [-0.05, 0) is 56.3 Å². The zero-order valence-corrected chi connectivity index (χ0v) is 15.7. The van der Waals surface area contributed by atoms with Gasteiger partial charge in [0.15, 0.2) is 0 Å². The van der Waals surface area contributed by atoms with Gasteiger partial charge in [0.2, 0.25) is 5.91 Å². The molecule has 1 spiro atoms. The highest BCUT2D eigenvalue weighted by Gasteiger charge is 2.47. The van der Waals surface area contributed by atoms with Crippen molar-refractivity contribution in [1.29, 1.82) is 0 Å². The van der Waals surface area contributed by atoms with Crippen LogP contribution in [0.2, 0.25) is 0 Å². The number of nitrogens with zero attached hydrogens (tertiary/aromatic N) is 1. The first-order valence-electron chi connectivity index (χ1n) is 9.63. The number of carbonyl (C=O) groups excluding carboxylic acids is 1. The van der Waals surface area contributed by atoms with Gasteiger partial charge in [0, 0.05) is 18.8 Å². The van der Waals surface area contributed by atoms with Crippen LogP contribution in [0.1, 0.15) is 50.5 Å². The monoisotopic (exact) mass is 363 g/mol. The van der Waals surface area contributed by atoms with Crippen molar-refractivity contribution < 1.29 is 4.79 Å². The van der Waals surface area contributed by atoms with Crippen molar-refractivity contribution in [3.8, 4) is 0 Å². The molecule has 1 saturated carbocycles. The maximum absolute atomic E-state index is 13.2. The molecule has 1 amide bonds. The molecule has 0 unspecified atom stereocenters. The first kappa shape index (κ1) is 18.7. The fourth-order valence-corrected chi connectivity index (χ4v) is 4.82. The molecule has 25 heavy (non-hydrogen) atoms. The molecule has 1 aliphatic carbocycles. The molecule has 0 atom stereocenters. The van der Waals surface area contributed by atoms with Gasteiger partial charge in [-0.1, -0.05) is 37.5 Å². The molecule has 1 aromatic carbocycles. The van der Waals surface area contributed by atoms with E-state index in [0.29, 0.717) is 0 Å². The van der Waals surface area contributed by atoms with E-state index in [0.717, 1.165) is 50.6 Å². The van der Waals surface area contributed by atoms with Crippen molar-refractivity contribution in [2.75, 3.05) is 25.0 Å². The molecule has 2 N–H and O–H groups in total. The van der Waals surface area contributed by atoms with Crippen LogP contribution in [0.25, 0.3) is 0 Å². The first-order chi connectivity index (χ1) is 11.8. The zero-order chi connectivity index (χ0) is 16.4. The molecule has 1 saturated heterocycles. The highest BCUT2D eigenvalue weighted by Crippen LogP contribution is 2.36. The van der Waals surface area contributed by atoms with Crippen molar-refractivity contribution >= 4 is 24.0 Å². The molecule has 2 heterocycles. The summed E-state index contributed by atoms with van der Waals surface area (Å²) in [6.07, 6.45) is 8.59. The Morgan fingerprint density at radius 1 is 1.08 bits per heavy atom. The number of para-hydroxylation sites is 1. The van der Waals surface area contributed by atoms with Crippen LogP contribution in [-0.2, 0) is 11.3 Å². The van der Waals surface area contributed by atoms with Crippen LogP contribution in [0, 0.1) is 5.92 Å². The molecule has 0 aromatic heterocycles. The standard InChI is InChI=1S/C20H29N3O.ClH/c24-19-20(10-12-21-13-11-20)23(14-16-6-2-1-3-7-16)15-17-8-4-5-9-18(17)22-19;/h4-5,8-9,16,21H,1-3,6-7,10-15H2,(H,22,24);1H. The van der Waals surface area contributed by atoms with Gasteiger partial charge in [-0.3, -0.25) is 9.69 Å². The molecule has 4 nitrogen and oxygen atoms in total. The van der Waals surface area contributed by atoms with Crippen LogP contribution in [0.5, 0.6) is 0 Å². The van der Waals surface area contributed by atoms with Crippen LogP contribution >= 0.6 is 12.4 Å². The first-order valence-corrected chi connectivity index (χ1v) is 9.63. The van der Waals surface area contributed by atoms with Gasteiger partial charge in [-0.25, -0.2) is 0 Å². The van der Waals surface area contributed by atoms with Crippen LogP contribution < -0.4 is 10.6 Å². The molecular weight excluding hydrogens is 334 g/mol. The van der Waals surface area contributed by atoms with Crippen LogP contribution in [0.3, 0.4) is 0 Å². The Morgan fingerprint density at radius 2 is 1.80 bits per heavy atom. The molecule has 4 rings (SSSR count). The van der Waals surface area contributed by atoms with Gasteiger partial charge in [0.05, 0.1) is 0 Å². The number of fused-ring (bicyclic) bond motifs is 1. The number of amides is 1. The predicted octanol–water partition coefficient (Wildman–Crippen LogP) is 3.57. The summed E-state index contributed by atoms with van der Waals surface area (Å²) < 4.78 is 0. The summed E-state index contributed by atoms with van der Waals surface area (Å²) in [5, 5.41) is 6.68. The third kappa shape index (κ3) is 3.71. The Morgan fingerprint density at radius 3 is 2.56 bits per heavy atom. The highest BCUT2D eigenvalue weighted by atomic mass is 35.5. The lowest BCUT2D eigenvalue weighted by atomic mass is 9.82. The lowest BCUT2D eigenvalue weighted by Gasteiger charge is -2.45. The van der Waals surface area contributed by atoms with E-state index in [4.69, 9.17) is 0 Å². The second-order valence-corrected chi connectivity index (χ2v) is 7.78. The van der Waals surface area contributed by atoms with E-state index in [1.165, 1.54) is 37.7 Å². The maximum Gasteiger partial charge on any atom is 0.245 e. The number of piperidine rings is 1. The number of rotatable bonds is 2. The fraction of sp³-hybridized carbons (Fsp3) is 0.650. The third-order valence-corrected chi connectivity index (χ3v) is 6.29. The molecule has 3 aliphatic rings. The summed E-state index contributed by atoms with van der Waals surface area (Å²) >= 11 is 0. The average Bonchev–Trinajstić information content (AvgIpc) is 2.73. The van der Waals surface area contributed by atoms with E-state index in [-0.39, 0.29) is 23.9 Å². The molecule has 1 aromatic rings. The van der Waals surface area contributed by atoms with Crippen molar-refractivity contribution in [2.45, 2.75) is 57.0 Å². The molecule has 5 heteroatoms. The largest absolute Gasteiger partial charge is 0.324 e. The normalized spacial score (nSPS) is 24.1. The quantitative estimate of drug-likeness (QED) is 0.844. The Balaban J connectivity index is 0.00000182. The van der Waals surface area contributed by atoms with E-state index < -0.39 is 0 Å². The Kier molecular flexibility index (Phi) is 6.03. The van der Waals surface area contributed by atoms with Crippen molar-refractivity contribution in [1.82, 2.24) is 10.2 Å². The van der Waals surface area contributed by atoms with E-state index in [1.54, 1.807) is 0 Å². The molecule has 2 aliphatic heterocycles. The predicted molar refractivity (Wildman–Crippen MR) is 104 cm³/mol. The van der Waals surface area contributed by atoms with Gasteiger partial charge >= 0.3 is 0 Å². The van der Waals surface area contributed by atoms with E-state index in [2.05, 4.69) is 27.7 Å². The minimum Gasteiger partial charge on any atom is -0.324 e. The molecule has 138 valence electrons. The molecule has 0 bridgehead atoms. The van der Waals surface area contributed by atoms with E-state index >= 15 is 0 Å². The maximum atomic E-state index is 13.2. The van der Waals surface area contributed by atoms with Gasteiger partial charge in [-0.2, -0.15) is 0 Å². The van der Waals surface area contributed by atoms with Gasteiger partial charge in [-0.15, -0.1) is 12.4 Å². The summed E-state index contributed by atoms with van der Waals surface area (Å²) in [6.45, 7) is 3.84. The SMILES string of the molecule is Cl.O=C1Nc2ccccc2CN(CC2CCCCC2)C12CCNCC2. The highest BCUT2D eigenvalue weighted by molar-refractivity contribution is 5.99. The number of hydrogen-bond donors (Lipinski definition) is 2. The fourth-order valence-electron chi connectivity index (χ4n) is 4.82. The topological polar surface area (TPSA) is 44.4 Å². The van der Waals surface area contributed by atoms with E-state index in [9.17, 15) is 4.79 Å². The van der Waals surface area contributed by atoms with Crippen molar-refractivity contribution in [3.63, 3.8) is 0 Å². The second-order valence-electron chi connectivity index (χ2n) is 7.78.